The van der Waals surface area contributed by atoms with E-state index in [0.29, 0.717) is 18.5 Å². The SMILES string of the molecule is CCC1(c2ccccc2F)CN=C(N)N1C1CCCC1. The highest BCUT2D eigenvalue weighted by Crippen LogP contribution is 2.42. The van der Waals surface area contributed by atoms with E-state index in [9.17, 15) is 4.39 Å². The minimum Gasteiger partial charge on any atom is -0.370 e. The number of halogens is 1. The molecular formula is C16H22FN3. The molecule has 1 aliphatic carbocycles. The molecule has 1 atom stereocenters. The molecule has 0 bridgehead atoms. The molecule has 1 aromatic carbocycles. The molecule has 0 aromatic heterocycles. The van der Waals surface area contributed by atoms with Crippen LogP contribution >= 0.6 is 0 Å². The predicted molar refractivity (Wildman–Crippen MR) is 79.0 cm³/mol. The molecule has 1 fully saturated rings. The summed E-state index contributed by atoms with van der Waals surface area (Å²) in [5, 5.41) is 0. The normalized spacial score (nSPS) is 27.1. The molecule has 1 aliphatic heterocycles. The molecule has 0 radical (unpaired) electrons. The Morgan fingerprint density at radius 2 is 2.05 bits per heavy atom. The first kappa shape index (κ1) is 13.4. The minimum absolute atomic E-state index is 0.151. The topological polar surface area (TPSA) is 41.6 Å². The zero-order valence-corrected chi connectivity index (χ0v) is 12.0. The van der Waals surface area contributed by atoms with E-state index in [4.69, 9.17) is 5.73 Å². The lowest BCUT2D eigenvalue weighted by molar-refractivity contribution is 0.138. The van der Waals surface area contributed by atoms with E-state index >= 15 is 0 Å². The summed E-state index contributed by atoms with van der Waals surface area (Å²) in [7, 11) is 0. The van der Waals surface area contributed by atoms with Gasteiger partial charge < -0.3 is 10.6 Å². The van der Waals surface area contributed by atoms with E-state index < -0.39 is 5.54 Å². The van der Waals surface area contributed by atoms with Crippen LogP contribution < -0.4 is 5.73 Å². The average molecular weight is 275 g/mol. The summed E-state index contributed by atoms with van der Waals surface area (Å²) in [5.41, 5.74) is 6.49. The highest BCUT2D eigenvalue weighted by molar-refractivity contribution is 5.81. The van der Waals surface area contributed by atoms with Crippen molar-refractivity contribution in [2.45, 2.75) is 50.6 Å². The Labute approximate surface area is 119 Å². The van der Waals surface area contributed by atoms with Crippen LogP contribution in [0, 0.1) is 5.82 Å². The van der Waals surface area contributed by atoms with Gasteiger partial charge in [-0.25, -0.2) is 4.39 Å². The first-order valence-corrected chi connectivity index (χ1v) is 7.53. The minimum atomic E-state index is -0.398. The molecule has 108 valence electrons. The highest BCUT2D eigenvalue weighted by atomic mass is 19.1. The predicted octanol–water partition coefficient (Wildman–Crippen LogP) is 3.00. The maximum absolute atomic E-state index is 14.3. The van der Waals surface area contributed by atoms with E-state index in [1.165, 1.54) is 18.9 Å². The largest absolute Gasteiger partial charge is 0.370 e. The van der Waals surface area contributed by atoms with Crippen LogP contribution in [0.3, 0.4) is 0 Å². The Bertz CT molecular complexity index is 522. The second-order valence-electron chi connectivity index (χ2n) is 5.85. The van der Waals surface area contributed by atoms with Crippen LogP contribution in [0.15, 0.2) is 29.3 Å². The number of hydrogen-bond acceptors (Lipinski definition) is 3. The van der Waals surface area contributed by atoms with Gasteiger partial charge in [-0.05, 0) is 25.3 Å². The van der Waals surface area contributed by atoms with Gasteiger partial charge in [-0.2, -0.15) is 0 Å². The molecule has 4 heteroatoms. The molecule has 0 saturated heterocycles. The maximum atomic E-state index is 14.3. The van der Waals surface area contributed by atoms with Crippen molar-refractivity contribution in [3.63, 3.8) is 0 Å². The first-order valence-electron chi connectivity index (χ1n) is 7.53. The summed E-state index contributed by atoms with van der Waals surface area (Å²) in [6.45, 7) is 2.66. The third kappa shape index (κ3) is 1.89. The van der Waals surface area contributed by atoms with Crippen LogP contribution in [-0.4, -0.2) is 23.4 Å². The van der Waals surface area contributed by atoms with Gasteiger partial charge in [0, 0.05) is 11.6 Å². The summed E-state index contributed by atoms with van der Waals surface area (Å²) in [4.78, 5) is 6.66. The second kappa shape index (κ2) is 5.08. The Kier molecular flexibility index (Phi) is 3.40. The number of rotatable bonds is 3. The summed E-state index contributed by atoms with van der Waals surface area (Å²) in [5.74, 6) is 0.434. The summed E-state index contributed by atoms with van der Waals surface area (Å²) in [6, 6.07) is 7.46. The Morgan fingerprint density at radius 1 is 1.35 bits per heavy atom. The van der Waals surface area contributed by atoms with Crippen molar-refractivity contribution in [3.8, 4) is 0 Å². The fourth-order valence-corrected chi connectivity index (χ4v) is 3.81. The molecular weight excluding hydrogens is 253 g/mol. The number of guanidine groups is 1. The molecule has 3 rings (SSSR count). The van der Waals surface area contributed by atoms with Crippen LogP contribution in [0.25, 0.3) is 0 Å². The van der Waals surface area contributed by atoms with Crippen LogP contribution in [0.4, 0.5) is 4.39 Å². The summed E-state index contributed by atoms with van der Waals surface area (Å²) >= 11 is 0. The van der Waals surface area contributed by atoms with Crippen molar-refractivity contribution in [2.75, 3.05) is 6.54 Å². The zero-order valence-electron chi connectivity index (χ0n) is 12.0. The Balaban J connectivity index is 2.05. The molecule has 0 spiro atoms. The van der Waals surface area contributed by atoms with Crippen LogP contribution in [0.2, 0.25) is 0 Å². The van der Waals surface area contributed by atoms with Crippen LogP contribution in [0.5, 0.6) is 0 Å². The quantitative estimate of drug-likeness (QED) is 0.921. The number of benzene rings is 1. The van der Waals surface area contributed by atoms with E-state index in [2.05, 4.69) is 16.8 Å². The van der Waals surface area contributed by atoms with E-state index in [-0.39, 0.29) is 5.82 Å². The average Bonchev–Trinajstić information content (AvgIpc) is 3.07. The van der Waals surface area contributed by atoms with E-state index in [1.54, 1.807) is 6.07 Å². The molecule has 2 aliphatic rings. The van der Waals surface area contributed by atoms with Gasteiger partial charge in [0.15, 0.2) is 5.96 Å². The fourth-order valence-electron chi connectivity index (χ4n) is 3.81. The molecule has 0 amide bonds. The molecule has 1 heterocycles. The third-order valence-electron chi connectivity index (χ3n) is 4.86. The fraction of sp³-hybridized carbons (Fsp3) is 0.562. The van der Waals surface area contributed by atoms with Gasteiger partial charge in [-0.15, -0.1) is 0 Å². The van der Waals surface area contributed by atoms with Gasteiger partial charge >= 0.3 is 0 Å². The number of aliphatic imine (C=N–C) groups is 1. The van der Waals surface area contributed by atoms with Crippen molar-refractivity contribution in [1.29, 1.82) is 0 Å². The van der Waals surface area contributed by atoms with Gasteiger partial charge in [0.1, 0.15) is 5.82 Å². The van der Waals surface area contributed by atoms with Crippen LogP contribution in [0.1, 0.15) is 44.6 Å². The number of nitrogens with two attached hydrogens (primary N) is 1. The van der Waals surface area contributed by atoms with Gasteiger partial charge in [-0.3, -0.25) is 4.99 Å². The highest BCUT2D eigenvalue weighted by Gasteiger charge is 2.47. The van der Waals surface area contributed by atoms with Gasteiger partial charge in [0.25, 0.3) is 0 Å². The molecule has 20 heavy (non-hydrogen) atoms. The van der Waals surface area contributed by atoms with Gasteiger partial charge in [0.05, 0.1) is 12.1 Å². The second-order valence-corrected chi connectivity index (χ2v) is 5.85. The van der Waals surface area contributed by atoms with Crippen molar-refractivity contribution in [2.24, 2.45) is 10.7 Å². The van der Waals surface area contributed by atoms with Crippen LogP contribution in [-0.2, 0) is 5.54 Å². The lowest BCUT2D eigenvalue weighted by Gasteiger charge is -2.43. The van der Waals surface area contributed by atoms with Crippen molar-refractivity contribution in [1.82, 2.24) is 4.90 Å². The first-order chi connectivity index (χ1) is 9.69. The van der Waals surface area contributed by atoms with Crippen molar-refractivity contribution in [3.05, 3.63) is 35.6 Å². The molecule has 2 N–H and O–H groups in total. The van der Waals surface area contributed by atoms with Gasteiger partial charge in [0.2, 0.25) is 0 Å². The van der Waals surface area contributed by atoms with E-state index in [1.807, 2.05) is 12.1 Å². The Hall–Kier alpha value is -1.58. The molecule has 1 unspecified atom stereocenters. The number of nitrogens with zero attached hydrogens (tertiary/aromatic N) is 2. The van der Waals surface area contributed by atoms with Crippen molar-refractivity contribution >= 4 is 5.96 Å². The maximum Gasteiger partial charge on any atom is 0.192 e. The monoisotopic (exact) mass is 275 g/mol. The lowest BCUT2D eigenvalue weighted by Crippen LogP contribution is -2.53. The van der Waals surface area contributed by atoms with Crippen molar-refractivity contribution < 1.29 is 4.39 Å². The van der Waals surface area contributed by atoms with E-state index in [0.717, 1.165) is 24.8 Å². The lowest BCUT2D eigenvalue weighted by atomic mass is 9.84. The summed E-state index contributed by atoms with van der Waals surface area (Å²) < 4.78 is 14.3. The molecule has 1 aromatic rings. The molecule has 1 saturated carbocycles. The third-order valence-corrected chi connectivity index (χ3v) is 4.86. The van der Waals surface area contributed by atoms with Gasteiger partial charge in [-0.1, -0.05) is 38.0 Å². The Morgan fingerprint density at radius 3 is 2.70 bits per heavy atom. The standard InChI is InChI=1S/C16H22FN3/c1-2-16(13-9-5-6-10-14(13)17)11-19-15(18)20(16)12-7-3-4-8-12/h5-6,9-10,12H,2-4,7-8,11H2,1H3,(H2,18,19). The zero-order chi connectivity index (χ0) is 14.2. The summed E-state index contributed by atoms with van der Waals surface area (Å²) in [6.07, 6.45) is 5.53. The smallest absolute Gasteiger partial charge is 0.192 e. The number of hydrogen-bond donors (Lipinski definition) is 1. The molecule has 3 nitrogen and oxygen atoms in total.